The summed E-state index contributed by atoms with van der Waals surface area (Å²) < 4.78 is 220. The maximum absolute atomic E-state index is 10.7. The quantitative estimate of drug-likeness (QED) is 0.0286. The second kappa shape index (κ2) is 51.0. The van der Waals surface area contributed by atoms with Gasteiger partial charge in [-0.1, -0.05) is 97.4 Å². The fourth-order valence-electron chi connectivity index (χ4n) is 9.23. The monoisotopic (exact) mass is 1950 g/mol. The topological polar surface area (TPSA) is 201 Å². The summed E-state index contributed by atoms with van der Waals surface area (Å²) in [4.78, 5) is 0. The minimum atomic E-state index is -10.7. The van der Waals surface area contributed by atoms with Crippen molar-refractivity contribution >= 4 is 101 Å². The Morgan fingerprint density at radius 2 is 0.517 bits per heavy atom. The van der Waals surface area contributed by atoms with E-state index in [1.54, 1.807) is 0 Å². The zero-order chi connectivity index (χ0) is 93.1. The number of nitrogens with zero attached hydrogens (tertiary/aromatic N) is 22. The first-order valence-corrected chi connectivity index (χ1v) is 62.2. The number of likely N-dealkylation sites (N-methyl/N-ethyl adjacent to an activating group) is 2. The minimum absolute atomic E-state index is 0.00498. The molecule has 0 aliphatic carbocycles. The predicted octanol–water partition coefficient (Wildman–Crippen LogP) is 24.1. The van der Waals surface area contributed by atoms with Crippen molar-refractivity contribution in [2.45, 2.75) is 40.2 Å². The van der Waals surface area contributed by atoms with E-state index in [0.29, 0.717) is 71.8 Å². The second-order valence-electron chi connectivity index (χ2n) is 29.8. The average molecular weight is 1950 g/mol. The van der Waals surface area contributed by atoms with E-state index in [-0.39, 0.29) is 6.61 Å². The van der Waals surface area contributed by atoms with Crippen LogP contribution in [0.4, 0.5) is 50.4 Å². The third-order valence-corrected chi connectivity index (χ3v) is 54.0. The van der Waals surface area contributed by atoms with Gasteiger partial charge in [-0.25, -0.2) is 28.0 Å². The molecule has 27 nitrogen and oxygen atoms in total. The molecule has 0 atom stereocenters. The van der Waals surface area contributed by atoms with Crippen molar-refractivity contribution in [1.29, 1.82) is 0 Å². The molecule has 0 unspecified atom stereocenters. The number of aliphatic hydroxyl groups is 1. The molecule has 0 fully saturated rings. The normalized spacial score (nSPS) is 14.5. The van der Waals surface area contributed by atoms with Crippen LogP contribution < -0.4 is 0 Å². The summed E-state index contributed by atoms with van der Waals surface area (Å²) >= 11 is 5.53. The van der Waals surface area contributed by atoms with E-state index in [4.69, 9.17) is 66.7 Å². The van der Waals surface area contributed by atoms with Crippen molar-refractivity contribution in [1.82, 2.24) is 65.4 Å². The Kier molecular flexibility index (Phi) is 55.1. The zero-order valence-electron chi connectivity index (χ0n) is 77.5. The van der Waals surface area contributed by atoms with Gasteiger partial charge in [-0.05, 0) is 261 Å². The van der Waals surface area contributed by atoms with Crippen LogP contribution in [0.25, 0.3) is 0 Å². The summed E-state index contributed by atoms with van der Waals surface area (Å²) in [7, 11) is 9.54. The number of aliphatic hydroxyl groups excluding tert-OH is 1. The van der Waals surface area contributed by atoms with E-state index < -0.39 is 89.9 Å². The SMILES string of the molecule is CC.CC.CN(C)P(C)(=N[P+](N=P(C)(C)C)(N=P(C)(N(C)C)N(C)C)N=P(N(C)C)(N(C)C)N(C)CCOCCO)N(C)C.CN(C)P(C)(=N[P+](N=P(C)(C)C)(N=P(C)(N(C)C)N(C)C)N=P(N(C)C)(N(C)C)N(C)CCOCCOCCOCc1ccccc1)N(C)C.ClCc1ccccc1.F[P-](F)(F)(F)(F)F.F[P-](F)(F)(F)(F)F. The van der Waals surface area contributed by atoms with Crippen molar-refractivity contribution in [3.8, 4) is 0 Å². The average Bonchev–Trinajstić information content (AvgIpc) is 0.744. The molecular weight excluding hydrogens is 1790 g/mol. The van der Waals surface area contributed by atoms with Gasteiger partial charge in [-0.2, -0.15) is 0 Å². The van der Waals surface area contributed by atoms with Crippen molar-refractivity contribution in [2.24, 2.45) is 36.1 Å². The Morgan fingerprint density at radius 3 is 0.707 bits per heavy atom. The van der Waals surface area contributed by atoms with Crippen LogP contribution in [0.2, 0.25) is 0 Å². The van der Waals surface area contributed by atoms with Gasteiger partial charge in [0.2, 0.25) is 15.0 Å². The molecule has 116 heavy (non-hydrogen) atoms. The Bertz CT molecular complexity index is 3420. The van der Waals surface area contributed by atoms with Gasteiger partial charge in [0.25, 0.3) is 0 Å². The molecule has 1 N–H and O–H groups in total. The van der Waals surface area contributed by atoms with Gasteiger partial charge in [0.05, 0.1) is 59.5 Å². The molecule has 0 bridgehead atoms. The van der Waals surface area contributed by atoms with Crippen LogP contribution >= 0.6 is 101 Å². The molecule has 2 rings (SSSR count). The molecule has 2 aromatic carbocycles. The Morgan fingerprint density at radius 1 is 0.310 bits per heavy atom. The van der Waals surface area contributed by atoms with Crippen LogP contribution in [0.3, 0.4) is 0 Å². The van der Waals surface area contributed by atoms with Gasteiger partial charge in [0, 0.05) is 59.7 Å². The molecule has 0 radical (unpaired) electrons. The van der Waals surface area contributed by atoms with Gasteiger partial charge >= 0.3 is 81.7 Å². The number of halogens is 13. The van der Waals surface area contributed by atoms with Crippen LogP contribution in [-0.2, 0) is 31.4 Å². The third-order valence-electron chi connectivity index (χ3n) is 15.7. The Balaban J connectivity index is -0.000000545. The van der Waals surface area contributed by atoms with Crippen LogP contribution in [0, 0.1) is 0 Å². The van der Waals surface area contributed by atoms with Gasteiger partial charge < -0.3 is 24.1 Å². The fourth-order valence-corrected chi connectivity index (χ4v) is 46.8. The van der Waals surface area contributed by atoms with E-state index in [9.17, 15) is 55.5 Å². The summed E-state index contributed by atoms with van der Waals surface area (Å²) in [6, 6.07) is 20.1. The Labute approximate surface area is 701 Å². The van der Waals surface area contributed by atoms with Crippen molar-refractivity contribution in [3.05, 3.63) is 71.8 Å². The third kappa shape index (κ3) is 51.5. The molecule has 0 saturated carbocycles. The van der Waals surface area contributed by atoms with Crippen LogP contribution in [0.5, 0.6) is 0 Å². The first-order chi connectivity index (χ1) is 51.8. The number of hydrogen-bond acceptors (Lipinski definition) is 13. The van der Waals surface area contributed by atoms with E-state index in [0.717, 1.165) is 5.56 Å². The molecule has 2 aromatic rings. The summed E-state index contributed by atoms with van der Waals surface area (Å²) in [5.41, 5.74) is 2.34. The van der Waals surface area contributed by atoms with Gasteiger partial charge in [-0.3, -0.25) is 37.4 Å². The van der Waals surface area contributed by atoms with E-state index in [1.807, 2.05) is 76.2 Å². The number of hydrogen-bond donors (Lipinski definition) is 1. The van der Waals surface area contributed by atoms with E-state index in [2.05, 4.69) is 327 Å². The van der Waals surface area contributed by atoms with Crippen molar-refractivity contribution in [3.63, 3.8) is 0 Å². The maximum atomic E-state index is 9.87. The van der Waals surface area contributed by atoms with Crippen LogP contribution in [0.15, 0.2) is 96.8 Å². The second-order valence-corrected chi connectivity index (χ2v) is 69.6. The van der Waals surface area contributed by atoms with Gasteiger partial charge in [0.1, 0.15) is 29.4 Å². The molecule has 702 valence electrons. The predicted molar refractivity (Wildman–Crippen MR) is 499 cm³/mol. The summed E-state index contributed by atoms with van der Waals surface area (Å²) in [6.07, 6.45) is 0. The van der Waals surface area contributed by atoms with Crippen molar-refractivity contribution < 1.29 is 74.4 Å². The first kappa shape index (κ1) is 125. The van der Waals surface area contributed by atoms with Crippen LogP contribution in [-0.4, -0.2) is 386 Å². The van der Waals surface area contributed by atoms with Crippen molar-refractivity contribution in [2.75, 3.05) is 316 Å². The van der Waals surface area contributed by atoms with Crippen LogP contribution in [0.1, 0.15) is 38.8 Å². The standard InChI is InChI=1S/C31H73N11O3P5.C22H63N11O2P5.C7H7Cl.2C2H6.2F6P/c1-36(2)47(17,37(3)4)33-49(32-46(14,15)16,34-48(18,38(5)6)39(7)8)35-50(40(9)10,41(11)12)42(13)24-25-43-26-27-44-28-29-45-30-31-22-20-19-21-23-31;1-27(2)37(17,28(3)4)24-39(23-36(14,15)16,25-38(18,29(5)6)30(7)8)26-40(31(9)10,32(11)12)33(13)19-21-35-22-20-34;8-6-7-4-2-1-3-5-7;2*1-2;2*1-7(2,3,4,5)6/h19-23H,24-30H2,1-18H3;34H,19-22H2,1-18H3;1-5H,6H2;2*1-2H3;;/q2*+1;;;;2*-1. The molecule has 0 spiro atoms. The first-order valence-electron chi connectivity index (χ1n) is 36.7. The molecular formula is C64H155ClF12N22O5P12. The number of alkyl halides is 1. The summed E-state index contributed by atoms with van der Waals surface area (Å²) in [5.74, 6) is 0.612. The molecule has 0 aliphatic heterocycles. The number of rotatable bonds is 39. The molecule has 52 heteroatoms. The molecule has 0 heterocycles. The van der Waals surface area contributed by atoms with E-state index >= 15 is 0 Å². The zero-order valence-corrected chi connectivity index (χ0v) is 88.9. The molecule has 0 aromatic heterocycles. The Hall–Kier alpha value is 0.690. The van der Waals surface area contributed by atoms with Gasteiger partial charge in [-0.15, -0.1) is 11.6 Å². The fraction of sp³-hybridized carbons (Fsp3) is 0.812. The molecule has 0 aliphatic rings. The molecule has 0 saturated heterocycles. The van der Waals surface area contributed by atoms with E-state index in [1.165, 1.54) is 5.56 Å². The number of benzene rings is 2. The van der Waals surface area contributed by atoms with Gasteiger partial charge in [0.15, 0.2) is 0 Å². The summed E-state index contributed by atoms with van der Waals surface area (Å²) in [5, 5.41) is 9.22. The summed E-state index contributed by atoms with van der Waals surface area (Å²) in [6.45, 7) is 35.7. The molecule has 0 amide bonds. The number of ether oxygens (including phenoxy) is 4.